The van der Waals surface area contributed by atoms with Crippen LogP contribution in [-0.2, 0) is 16.0 Å². The number of amides is 1. The lowest BCUT2D eigenvalue weighted by Crippen LogP contribution is -2.40. The van der Waals surface area contributed by atoms with Gasteiger partial charge in [0.15, 0.2) is 0 Å². The Balaban J connectivity index is 2.72. The molecule has 7 heteroatoms. The maximum atomic E-state index is 11.8. The van der Waals surface area contributed by atoms with Crippen LogP contribution in [0, 0.1) is 16.0 Å². The third-order valence-electron chi connectivity index (χ3n) is 3.07. The summed E-state index contributed by atoms with van der Waals surface area (Å²) in [6, 6.07) is 5.41. The van der Waals surface area contributed by atoms with E-state index < -0.39 is 28.8 Å². The van der Waals surface area contributed by atoms with Gasteiger partial charge in [0.1, 0.15) is 0 Å². The van der Waals surface area contributed by atoms with Crippen molar-refractivity contribution < 1.29 is 19.6 Å². The predicted molar refractivity (Wildman–Crippen MR) is 71.2 cm³/mol. The van der Waals surface area contributed by atoms with Crippen LogP contribution < -0.4 is 5.32 Å². The topological polar surface area (TPSA) is 110 Å². The minimum absolute atomic E-state index is 0.124. The van der Waals surface area contributed by atoms with Crippen LogP contribution in [-0.4, -0.2) is 27.9 Å². The molecule has 0 saturated heterocycles. The van der Waals surface area contributed by atoms with Crippen molar-refractivity contribution in [2.45, 2.75) is 26.3 Å². The van der Waals surface area contributed by atoms with Gasteiger partial charge in [-0.2, -0.15) is 0 Å². The number of hydrogen-bond acceptors (Lipinski definition) is 4. The molecule has 2 N–H and O–H groups in total. The molecule has 1 rings (SSSR count). The molecule has 0 saturated carbocycles. The smallest absolute Gasteiger partial charge is 0.308 e. The number of nitrogens with one attached hydrogen (secondary N) is 1. The zero-order valence-electron chi connectivity index (χ0n) is 11.2. The summed E-state index contributed by atoms with van der Waals surface area (Å²) in [6.45, 7) is 3.06. The molecule has 0 radical (unpaired) electrons. The Morgan fingerprint density at radius 1 is 1.35 bits per heavy atom. The molecular formula is C13H16N2O5. The number of benzene rings is 1. The van der Waals surface area contributed by atoms with Crippen molar-refractivity contribution in [3.8, 4) is 0 Å². The van der Waals surface area contributed by atoms with Crippen LogP contribution in [0.1, 0.15) is 19.4 Å². The fourth-order valence-corrected chi connectivity index (χ4v) is 1.66. The number of nitro benzene ring substituents is 1. The van der Waals surface area contributed by atoms with Crippen LogP contribution in [0.25, 0.3) is 0 Å². The number of carbonyl (C=O) groups excluding carboxylic acids is 1. The largest absolute Gasteiger partial charge is 0.481 e. The first-order valence-electron chi connectivity index (χ1n) is 6.07. The Morgan fingerprint density at radius 2 is 1.95 bits per heavy atom. The van der Waals surface area contributed by atoms with Crippen molar-refractivity contribution in [1.29, 1.82) is 0 Å². The van der Waals surface area contributed by atoms with Gasteiger partial charge >= 0.3 is 5.97 Å². The maximum absolute atomic E-state index is 11.8. The minimum atomic E-state index is -1.01. The van der Waals surface area contributed by atoms with Crippen molar-refractivity contribution in [3.05, 3.63) is 39.9 Å². The number of rotatable bonds is 6. The molecule has 20 heavy (non-hydrogen) atoms. The summed E-state index contributed by atoms with van der Waals surface area (Å²) in [5.74, 6) is -2.19. The van der Waals surface area contributed by atoms with E-state index in [1.54, 1.807) is 13.0 Å². The normalized spacial score (nSPS) is 13.3. The van der Waals surface area contributed by atoms with Crippen LogP contribution in [0.2, 0.25) is 0 Å². The van der Waals surface area contributed by atoms with Crippen LogP contribution in [0.15, 0.2) is 24.3 Å². The highest BCUT2D eigenvalue weighted by molar-refractivity contribution is 5.81. The highest BCUT2D eigenvalue weighted by Crippen LogP contribution is 2.18. The van der Waals surface area contributed by atoms with Gasteiger partial charge < -0.3 is 10.4 Å². The Kier molecular flexibility index (Phi) is 5.19. The standard InChI is InChI=1S/C13H16N2O5/c1-8(13(17)18)9(2)14-12(16)7-10-5-3-4-6-11(10)15(19)20/h3-6,8-9H,7H2,1-2H3,(H,14,16)(H,17,18). The van der Waals surface area contributed by atoms with Gasteiger partial charge in [0.25, 0.3) is 5.69 Å². The average molecular weight is 280 g/mol. The van der Waals surface area contributed by atoms with E-state index in [1.807, 2.05) is 0 Å². The van der Waals surface area contributed by atoms with Gasteiger partial charge in [-0.25, -0.2) is 0 Å². The Labute approximate surface area is 115 Å². The number of nitrogens with zero attached hydrogens (tertiary/aromatic N) is 1. The highest BCUT2D eigenvalue weighted by atomic mass is 16.6. The van der Waals surface area contributed by atoms with Gasteiger partial charge in [-0.3, -0.25) is 19.7 Å². The van der Waals surface area contributed by atoms with Crippen molar-refractivity contribution in [2.75, 3.05) is 0 Å². The highest BCUT2D eigenvalue weighted by Gasteiger charge is 2.22. The van der Waals surface area contributed by atoms with E-state index in [0.29, 0.717) is 5.56 Å². The van der Waals surface area contributed by atoms with Gasteiger partial charge in [0, 0.05) is 17.7 Å². The van der Waals surface area contributed by atoms with E-state index in [9.17, 15) is 19.7 Å². The Hall–Kier alpha value is -2.44. The quantitative estimate of drug-likeness (QED) is 0.604. The predicted octanol–water partition coefficient (Wildman–Crippen LogP) is 1.36. The second-order valence-electron chi connectivity index (χ2n) is 4.55. The molecule has 7 nitrogen and oxygen atoms in total. The first kappa shape index (κ1) is 15.6. The maximum Gasteiger partial charge on any atom is 0.308 e. The van der Waals surface area contributed by atoms with Gasteiger partial charge in [0.2, 0.25) is 5.91 Å². The summed E-state index contributed by atoms with van der Waals surface area (Å²) in [7, 11) is 0. The van der Waals surface area contributed by atoms with Gasteiger partial charge in [0.05, 0.1) is 17.3 Å². The molecular weight excluding hydrogens is 264 g/mol. The van der Waals surface area contributed by atoms with Gasteiger partial charge in [-0.1, -0.05) is 18.2 Å². The lowest BCUT2D eigenvalue weighted by Gasteiger charge is -2.17. The summed E-state index contributed by atoms with van der Waals surface area (Å²) < 4.78 is 0. The molecule has 0 bridgehead atoms. The van der Waals surface area contributed by atoms with Gasteiger partial charge in [-0.15, -0.1) is 0 Å². The van der Waals surface area contributed by atoms with Crippen molar-refractivity contribution in [3.63, 3.8) is 0 Å². The SMILES string of the molecule is CC(NC(=O)Cc1ccccc1[N+](=O)[O-])C(C)C(=O)O. The number of hydrogen-bond donors (Lipinski definition) is 2. The number of carbonyl (C=O) groups is 2. The van der Waals surface area contributed by atoms with Crippen LogP contribution >= 0.6 is 0 Å². The Morgan fingerprint density at radius 3 is 2.50 bits per heavy atom. The molecule has 0 aliphatic heterocycles. The Bertz CT molecular complexity index is 529. The van der Waals surface area contributed by atoms with E-state index >= 15 is 0 Å². The lowest BCUT2D eigenvalue weighted by molar-refractivity contribution is -0.385. The zero-order valence-corrected chi connectivity index (χ0v) is 11.2. The summed E-state index contributed by atoms with van der Waals surface area (Å²) in [5, 5.41) is 22.2. The number of para-hydroxylation sites is 1. The minimum Gasteiger partial charge on any atom is -0.481 e. The van der Waals surface area contributed by atoms with E-state index in [-0.39, 0.29) is 12.1 Å². The summed E-state index contributed by atoms with van der Waals surface area (Å²) in [5.41, 5.74) is 0.173. The fraction of sp³-hybridized carbons (Fsp3) is 0.385. The summed E-state index contributed by atoms with van der Waals surface area (Å²) in [6.07, 6.45) is -0.159. The molecule has 2 atom stereocenters. The van der Waals surface area contributed by atoms with E-state index in [4.69, 9.17) is 5.11 Å². The molecule has 1 aromatic carbocycles. The van der Waals surface area contributed by atoms with Crippen LogP contribution in [0.5, 0.6) is 0 Å². The second-order valence-corrected chi connectivity index (χ2v) is 4.55. The van der Waals surface area contributed by atoms with E-state index in [1.165, 1.54) is 25.1 Å². The van der Waals surface area contributed by atoms with E-state index in [0.717, 1.165) is 0 Å². The monoisotopic (exact) mass is 280 g/mol. The van der Waals surface area contributed by atoms with E-state index in [2.05, 4.69) is 5.32 Å². The molecule has 0 spiro atoms. The molecule has 1 aromatic rings. The number of carboxylic acid groups (broad SMARTS) is 1. The number of carboxylic acids is 1. The van der Waals surface area contributed by atoms with Crippen molar-refractivity contribution >= 4 is 17.6 Å². The molecule has 0 aliphatic carbocycles. The van der Waals surface area contributed by atoms with Crippen molar-refractivity contribution in [1.82, 2.24) is 5.32 Å². The second kappa shape index (κ2) is 6.65. The van der Waals surface area contributed by atoms with Crippen molar-refractivity contribution in [2.24, 2.45) is 5.92 Å². The number of nitro groups is 1. The summed E-state index contributed by atoms with van der Waals surface area (Å²) in [4.78, 5) is 32.9. The van der Waals surface area contributed by atoms with Crippen LogP contribution in [0.3, 0.4) is 0 Å². The van der Waals surface area contributed by atoms with Gasteiger partial charge in [-0.05, 0) is 13.8 Å². The first-order valence-corrected chi connectivity index (χ1v) is 6.07. The fourth-order valence-electron chi connectivity index (χ4n) is 1.66. The summed E-state index contributed by atoms with van der Waals surface area (Å²) >= 11 is 0. The molecule has 2 unspecified atom stereocenters. The third-order valence-corrected chi connectivity index (χ3v) is 3.07. The zero-order chi connectivity index (χ0) is 15.3. The third kappa shape index (κ3) is 4.04. The molecule has 0 aliphatic rings. The molecule has 0 aromatic heterocycles. The number of aliphatic carboxylic acids is 1. The van der Waals surface area contributed by atoms with Crippen LogP contribution in [0.4, 0.5) is 5.69 Å². The molecule has 0 heterocycles. The first-order chi connectivity index (χ1) is 9.32. The molecule has 0 fully saturated rings. The average Bonchev–Trinajstić information content (AvgIpc) is 2.37. The molecule has 1 amide bonds. The lowest BCUT2D eigenvalue weighted by atomic mass is 10.0. The molecule has 108 valence electrons.